The number of nitrogens with two attached hydrogens (primary N) is 1. The van der Waals surface area contributed by atoms with E-state index in [1.54, 1.807) is 0 Å². The third-order valence-corrected chi connectivity index (χ3v) is 4.61. The lowest BCUT2D eigenvalue weighted by Crippen LogP contribution is -2.25. The Bertz CT molecular complexity index is 977. The first-order valence-electron chi connectivity index (χ1n) is 10.1. The molecule has 0 saturated heterocycles. The molecule has 0 bridgehead atoms. The monoisotopic (exact) mass is 403 g/mol. The topological polar surface area (TPSA) is 61.5 Å². The van der Waals surface area contributed by atoms with E-state index in [0.29, 0.717) is 12.3 Å². The van der Waals surface area contributed by atoms with E-state index in [-0.39, 0.29) is 18.3 Å². The third-order valence-electron chi connectivity index (χ3n) is 4.61. The van der Waals surface area contributed by atoms with E-state index in [1.165, 1.54) is 0 Å². The smallest absolute Gasteiger partial charge is 0.307 e. The van der Waals surface area contributed by atoms with Gasteiger partial charge in [0.25, 0.3) is 0 Å². The third kappa shape index (κ3) is 6.38. The molecular formula is C26H29NO3. The van der Waals surface area contributed by atoms with Gasteiger partial charge in [0.15, 0.2) is 0 Å². The molecule has 0 amide bonds. The summed E-state index contributed by atoms with van der Waals surface area (Å²) >= 11 is 0. The molecule has 0 saturated carbocycles. The Balaban J connectivity index is 1.81. The summed E-state index contributed by atoms with van der Waals surface area (Å²) < 4.78 is 11.6. The largest absolute Gasteiger partial charge is 0.489 e. The predicted octanol–water partition coefficient (Wildman–Crippen LogP) is 5.71. The summed E-state index contributed by atoms with van der Waals surface area (Å²) in [5, 5.41) is 0. The number of nitrogen functional groups attached to an aromatic ring is 1. The number of benzene rings is 3. The van der Waals surface area contributed by atoms with Gasteiger partial charge >= 0.3 is 5.97 Å². The Morgan fingerprint density at radius 3 is 2.30 bits per heavy atom. The number of carbonyl (C=O) groups excluding carboxylic acids is 1. The van der Waals surface area contributed by atoms with Crippen molar-refractivity contribution in [3.05, 3.63) is 95.6 Å². The van der Waals surface area contributed by atoms with Crippen molar-refractivity contribution < 1.29 is 14.3 Å². The van der Waals surface area contributed by atoms with Gasteiger partial charge in [-0.15, -0.1) is 0 Å². The maximum Gasteiger partial charge on any atom is 0.307 e. The molecule has 0 aliphatic rings. The van der Waals surface area contributed by atoms with E-state index in [9.17, 15) is 4.79 Å². The number of carbonyl (C=O) groups is 1. The van der Waals surface area contributed by atoms with Crippen molar-refractivity contribution in [2.24, 2.45) is 0 Å². The highest BCUT2D eigenvalue weighted by molar-refractivity contribution is 5.72. The maximum atomic E-state index is 12.6. The first kappa shape index (κ1) is 21.4. The van der Waals surface area contributed by atoms with Crippen LogP contribution in [0, 0.1) is 0 Å². The average molecular weight is 404 g/mol. The van der Waals surface area contributed by atoms with E-state index in [1.807, 2.05) is 99.6 Å². The zero-order valence-electron chi connectivity index (χ0n) is 17.8. The van der Waals surface area contributed by atoms with Crippen LogP contribution in [-0.4, -0.2) is 11.6 Å². The molecule has 0 spiro atoms. The summed E-state index contributed by atoms with van der Waals surface area (Å²) in [5.41, 5.74) is 9.13. The van der Waals surface area contributed by atoms with Gasteiger partial charge in [-0.2, -0.15) is 0 Å². The van der Waals surface area contributed by atoms with Crippen LogP contribution in [0.4, 0.5) is 5.69 Å². The van der Waals surface area contributed by atoms with Crippen molar-refractivity contribution in [2.45, 2.75) is 45.3 Å². The molecule has 0 aliphatic carbocycles. The molecule has 1 unspecified atom stereocenters. The van der Waals surface area contributed by atoms with E-state index in [0.717, 1.165) is 22.4 Å². The zero-order chi connectivity index (χ0) is 21.6. The van der Waals surface area contributed by atoms with Crippen molar-refractivity contribution >= 4 is 11.7 Å². The summed E-state index contributed by atoms with van der Waals surface area (Å²) in [5.74, 6) is 0.416. The fourth-order valence-corrected chi connectivity index (χ4v) is 3.33. The maximum absolute atomic E-state index is 12.6. The molecule has 156 valence electrons. The highest BCUT2D eigenvalue weighted by Gasteiger charge is 2.23. The number of rotatable bonds is 7. The summed E-state index contributed by atoms with van der Waals surface area (Å²) in [7, 11) is 0. The van der Waals surface area contributed by atoms with E-state index < -0.39 is 5.60 Å². The minimum absolute atomic E-state index is 0.114. The van der Waals surface area contributed by atoms with Gasteiger partial charge in [0.2, 0.25) is 0 Å². The Morgan fingerprint density at radius 2 is 1.60 bits per heavy atom. The molecule has 0 fully saturated rings. The van der Waals surface area contributed by atoms with Crippen LogP contribution in [0.25, 0.3) is 0 Å². The number of hydrogen-bond acceptors (Lipinski definition) is 4. The fraction of sp³-hybridized carbons (Fsp3) is 0.269. The van der Waals surface area contributed by atoms with E-state index in [4.69, 9.17) is 15.2 Å². The molecule has 4 heteroatoms. The Labute approximate surface area is 178 Å². The standard InChI is InChI=1S/C26H29NO3/c1-26(2,3)30-25(28)17-24(20-10-5-4-6-11-20)21-12-8-14-23(16-21)29-18-19-9-7-13-22(27)15-19/h4-16,24H,17-18,27H2,1-3H3. The van der Waals surface area contributed by atoms with Crippen LogP contribution >= 0.6 is 0 Å². The Kier molecular flexibility index (Phi) is 6.78. The highest BCUT2D eigenvalue weighted by Crippen LogP contribution is 2.31. The van der Waals surface area contributed by atoms with Gasteiger partial charge < -0.3 is 15.2 Å². The Morgan fingerprint density at radius 1 is 0.900 bits per heavy atom. The van der Waals surface area contributed by atoms with Crippen LogP contribution in [0.15, 0.2) is 78.9 Å². The SMILES string of the molecule is CC(C)(C)OC(=O)CC(c1ccccc1)c1cccc(OCc2cccc(N)c2)c1. The van der Waals surface area contributed by atoms with Crippen LogP contribution in [-0.2, 0) is 16.1 Å². The van der Waals surface area contributed by atoms with Gasteiger partial charge in [-0.1, -0.05) is 54.6 Å². The molecular weight excluding hydrogens is 374 g/mol. The van der Waals surface area contributed by atoms with Crippen LogP contribution in [0.3, 0.4) is 0 Å². The lowest BCUT2D eigenvalue weighted by molar-refractivity contribution is -0.155. The average Bonchev–Trinajstić information content (AvgIpc) is 2.70. The molecule has 4 nitrogen and oxygen atoms in total. The minimum atomic E-state index is -0.513. The molecule has 3 rings (SSSR count). The van der Waals surface area contributed by atoms with Crippen LogP contribution in [0.2, 0.25) is 0 Å². The van der Waals surface area contributed by atoms with Crippen LogP contribution < -0.4 is 10.5 Å². The van der Waals surface area contributed by atoms with Crippen LogP contribution in [0.5, 0.6) is 5.75 Å². The van der Waals surface area contributed by atoms with Gasteiger partial charge in [0.05, 0.1) is 6.42 Å². The first-order valence-corrected chi connectivity index (χ1v) is 10.1. The molecule has 1 atom stereocenters. The van der Waals surface area contributed by atoms with Gasteiger partial charge in [0, 0.05) is 11.6 Å². The molecule has 0 radical (unpaired) electrons. The van der Waals surface area contributed by atoms with Crippen LogP contribution in [0.1, 0.15) is 49.8 Å². The normalized spacial score (nSPS) is 12.2. The second-order valence-corrected chi connectivity index (χ2v) is 8.36. The van der Waals surface area contributed by atoms with Crippen molar-refractivity contribution in [1.29, 1.82) is 0 Å². The molecule has 3 aromatic rings. The quantitative estimate of drug-likeness (QED) is 0.405. The summed E-state index contributed by atoms with van der Waals surface area (Å²) in [6.45, 7) is 6.07. The summed E-state index contributed by atoms with van der Waals surface area (Å²) in [4.78, 5) is 12.6. The van der Waals surface area contributed by atoms with E-state index in [2.05, 4.69) is 0 Å². The second kappa shape index (κ2) is 9.49. The lowest BCUT2D eigenvalue weighted by atomic mass is 9.88. The second-order valence-electron chi connectivity index (χ2n) is 8.36. The molecule has 0 aromatic heterocycles. The van der Waals surface area contributed by atoms with Crippen molar-refractivity contribution in [2.75, 3.05) is 5.73 Å². The molecule has 2 N–H and O–H groups in total. The molecule has 30 heavy (non-hydrogen) atoms. The zero-order valence-corrected chi connectivity index (χ0v) is 17.8. The number of hydrogen-bond donors (Lipinski definition) is 1. The first-order chi connectivity index (χ1) is 14.3. The fourth-order valence-electron chi connectivity index (χ4n) is 3.33. The number of esters is 1. The van der Waals surface area contributed by atoms with Gasteiger partial charge in [-0.05, 0) is 61.7 Å². The summed E-state index contributed by atoms with van der Waals surface area (Å²) in [6, 6.07) is 25.6. The van der Waals surface area contributed by atoms with Crippen molar-refractivity contribution in [1.82, 2.24) is 0 Å². The van der Waals surface area contributed by atoms with E-state index >= 15 is 0 Å². The molecule has 0 aliphatic heterocycles. The number of ether oxygens (including phenoxy) is 2. The van der Waals surface area contributed by atoms with Gasteiger partial charge in [-0.3, -0.25) is 4.79 Å². The Hall–Kier alpha value is -3.27. The lowest BCUT2D eigenvalue weighted by Gasteiger charge is -2.23. The number of anilines is 1. The van der Waals surface area contributed by atoms with Crippen molar-refractivity contribution in [3.63, 3.8) is 0 Å². The summed E-state index contributed by atoms with van der Waals surface area (Å²) in [6.07, 6.45) is 0.264. The predicted molar refractivity (Wildman–Crippen MR) is 120 cm³/mol. The minimum Gasteiger partial charge on any atom is -0.489 e. The van der Waals surface area contributed by atoms with Gasteiger partial charge in [0.1, 0.15) is 18.0 Å². The molecule has 0 heterocycles. The highest BCUT2D eigenvalue weighted by atomic mass is 16.6. The van der Waals surface area contributed by atoms with Gasteiger partial charge in [-0.25, -0.2) is 0 Å². The molecule has 3 aromatic carbocycles. The van der Waals surface area contributed by atoms with Crippen molar-refractivity contribution in [3.8, 4) is 5.75 Å².